The molecule has 0 atom stereocenters. The fourth-order valence-electron chi connectivity index (χ4n) is 3.04. The number of H-pyrrole nitrogens is 1. The second kappa shape index (κ2) is 4.57. The number of hydrogen-bond acceptors (Lipinski definition) is 2. The topological polar surface area (TPSA) is 75.1 Å². The van der Waals surface area contributed by atoms with Crippen LogP contribution in [0.1, 0.15) is 48.5 Å². The third kappa shape index (κ3) is 1.95. The minimum atomic E-state index is -0.992. The van der Waals surface area contributed by atoms with Gasteiger partial charge in [-0.05, 0) is 25.0 Å². The summed E-state index contributed by atoms with van der Waals surface area (Å²) in [5.41, 5.74) is 1.14. The molecule has 19 heavy (non-hydrogen) atoms. The number of rotatable bonds is 2. The van der Waals surface area contributed by atoms with E-state index in [1.807, 2.05) is 0 Å². The van der Waals surface area contributed by atoms with Gasteiger partial charge in [0.1, 0.15) is 0 Å². The van der Waals surface area contributed by atoms with Crippen LogP contribution in [0, 0.1) is 0 Å². The first-order chi connectivity index (χ1) is 9.18. The predicted octanol–water partition coefficient (Wildman–Crippen LogP) is 2.53. The molecule has 1 heterocycles. The number of aromatic nitrogens is 2. The van der Waals surface area contributed by atoms with Crippen LogP contribution in [0.2, 0.25) is 0 Å². The van der Waals surface area contributed by atoms with E-state index < -0.39 is 5.97 Å². The van der Waals surface area contributed by atoms with Crippen LogP contribution in [0.25, 0.3) is 11.0 Å². The number of hydrogen-bond donors (Lipinski definition) is 2. The van der Waals surface area contributed by atoms with Crippen LogP contribution in [0.15, 0.2) is 23.0 Å². The lowest BCUT2D eigenvalue weighted by Gasteiger charge is -2.23. The Bertz CT molecular complexity index is 678. The molecule has 1 aromatic heterocycles. The maximum Gasteiger partial charge on any atom is 0.337 e. The largest absolute Gasteiger partial charge is 0.478 e. The highest BCUT2D eigenvalue weighted by Crippen LogP contribution is 2.30. The normalized spacial score (nSPS) is 16.8. The fourth-order valence-corrected chi connectivity index (χ4v) is 3.04. The van der Waals surface area contributed by atoms with Gasteiger partial charge in [0.15, 0.2) is 0 Å². The first-order valence-electron chi connectivity index (χ1n) is 6.65. The van der Waals surface area contributed by atoms with E-state index in [9.17, 15) is 14.7 Å². The van der Waals surface area contributed by atoms with Gasteiger partial charge in [-0.1, -0.05) is 25.3 Å². The molecule has 0 aliphatic heterocycles. The smallest absolute Gasteiger partial charge is 0.337 e. The van der Waals surface area contributed by atoms with E-state index in [1.54, 1.807) is 22.8 Å². The SMILES string of the molecule is O=C(O)c1cccc2[nH]c(=O)n(C3CCCCC3)c12. The first-order valence-corrected chi connectivity index (χ1v) is 6.65. The zero-order valence-electron chi connectivity index (χ0n) is 10.6. The Labute approximate surface area is 109 Å². The Hall–Kier alpha value is -2.04. The van der Waals surface area contributed by atoms with Crippen molar-refractivity contribution in [3.63, 3.8) is 0 Å². The van der Waals surface area contributed by atoms with Crippen LogP contribution in [0.4, 0.5) is 0 Å². The summed E-state index contributed by atoms with van der Waals surface area (Å²) in [5, 5.41) is 9.29. The second-order valence-corrected chi connectivity index (χ2v) is 5.10. The van der Waals surface area contributed by atoms with Crippen molar-refractivity contribution in [1.82, 2.24) is 9.55 Å². The van der Waals surface area contributed by atoms with Gasteiger partial charge in [-0.15, -0.1) is 0 Å². The summed E-state index contributed by atoms with van der Waals surface area (Å²) in [4.78, 5) is 26.2. The molecule has 1 fully saturated rings. The Morgan fingerprint density at radius 1 is 1.26 bits per heavy atom. The zero-order chi connectivity index (χ0) is 13.4. The average molecular weight is 260 g/mol. The van der Waals surface area contributed by atoms with E-state index in [0.717, 1.165) is 25.7 Å². The number of nitrogens with one attached hydrogen (secondary N) is 1. The highest BCUT2D eigenvalue weighted by Gasteiger charge is 2.22. The molecule has 0 saturated heterocycles. The predicted molar refractivity (Wildman–Crippen MR) is 71.6 cm³/mol. The summed E-state index contributed by atoms with van der Waals surface area (Å²) in [6, 6.07) is 5.09. The van der Waals surface area contributed by atoms with Crippen molar-refractivity contribution >= 4 is 17.0 Å². The minimum Gasteiger partial charge on any atom is -0.478 e. The van der Waals surface area contributed by atoms with Gasteiger partial charge in [0, 0.05) is 6.04 Å². The number of benzene rings is 1. The van der Waals surface area contributed by atoms with Crippen LogP contribution >= 0.6 is 0 Å². The van der Waals surface area contributed by atoms with E-state index in [2.05, 4.69) is 4.98 Å². The van der Waals surface area contributed by atoms with Crippen molar-refractivity contribution < 1.29 is 9.90 Å². The molecule has 1 aromatic carbocycles. The molecule has 1 aliphatic carbocycles. The van der Waals surface area contributed by atoms with Crippen LogP contribution in [-0.2, 0) is 0 Å². The molecular weight excluding hydrogens is 244 g/mol. The summed E-state index contributed by atoms with van der Waals surface area (Å²) in [5.74, 6) is -0.992. The number of imidazole rings is 1. The lowest BCUT2D eigenvalue weighted by molar-refractivity contribution is 0.0698. The number of carboxylic acids is 1. The standard InChI is InChI=1S/C14H16N2O3/c17-13(18)10-7-4-8-11-12(10)16(14(19)15-11)9-5-2-1-3-6-9/h4,7-9H,1-3,5-6H2,(H,15,19)(H,17,18). The maximum atomic E-state index is 12.1. The number of carbonyl (C=O) groups is 1. The zero-order valence-corrected chi connectivity index (χ0v) is 10.6. The lowest BCUT2D eigenvalue weighted by atomic mass is 9.95. The monoisotopic (exact) mass is 260 g/mol. The molecule has 0 radical (unpaired) electrons. The van der Waals surface area contributed by atoms with Gasteiger partial charge < -0.3 is 10.1 Å². The van der Waals surface area contributed by atoms with Crippen molar-refractivity contribution in [2.75, 3.05) is 0 Å². The molecule has 1 aliphatic rings. The van der Waals surface area contributed by atoms with Gasteiger partial charge in [0.25, 0.3) is 0 Å². The molecule has 2 aromatic rings. The van der Waals surface area contributed by atoms with Gasteiger partial charge in [-0.3, -0.25) is 4.57 Å². The van der Waals surface area contributed by atoms with Gasteiger partial charge in [-0.2, -0.15) is 0 Å². The number of fused-ring (bicyclic) bond motifs is 1. The van der Waals surface area contributed by atoms with E-state index in [0.29, 0.717) is 11.0 Å². The van der Waals surface area contributed by atoms with Crippen LogP contribution < -0.4 is 5.69 Å². The van der Waals surface area contributed by atoms with Crippen LogP contribution in [0.3, 0.4) is 0 Å². The Kier molecular flexibility index (Phi) is 2.89. The lowest BCUT2D eigenvalue weighted by Crippen LogP contribution is -2.24. The van der Waals surface area contributed by atoms with E-state index in [-0.39, 0.29) is 17.3 Å². The Balaban J connectivity index is 2.25. The van der Waals surface area contributed by atoms with E-state index in [4.69, 9.17) is 0 Å². The molecule has 5 heteroatoms. The van der Waals surface area contributed by atoms with E-state index >= 15 is 0 Å². The first kappa shape index (κ1) is 12.0. The highest BCUT2D eigenvalue weighted by atomic mass is 16.4. The molecule has 0 unspecified atom stereocenters. The summed E-state index contributed by atoms with van der Waals surface area (Å²) in [6.45, 7) is 0. The third-order valence-corrected chi connectivity index (χ3v) is 3.91. The summed E-state index contributed by atoms with van der Waals surface area (Å²) in [6.07, 6.45) is 5.28. The quantitative estimate of drug-likeness (QED) is 0.871. The number of para-hydroxylation sites is 1. The number of aromatic amines is 1. The third-order valence-electron chi connectivity index (χ3n) is 3.91. The number of aromatic carboxylic acids is 1. The highest BCUT2D eigenvalue weighted by molar-refractivity contribution is 6.01. The van der Waals surface area contributed by atoms with Crippen molar-refractivity contribution in [3.8, 4) is 0 Å². The van der Waals surface area contributed by atoms with Crippen molar-refractivity contribution in [2.24, 2.45) is 0 Å². The van der Waals surface area contributed by atoms with E-state index in [1.165, 1.54) is 6.42 Å². The van der Waals surface area contributed by atoms with Crippen LogP contribution in [-0.4, -0.2) is 20.6 Å². The van der Waals surface area contributed by atoms with Crippen molar-refractivity contribution in [3.05, 3.63) is 34.2 Å². The molecule has 2 N–H and O–H groups in total. The molecular formula is C14H16N2O3. The van der Waals surface area contributed by atoms with Crippen LogP contribution in [0.5, 0.6) is 0 Å². The molecule has 0 amide bonds. The molecule has 5 nitrogen and oxygen atoms in total. The molecule has 0 bridgehead atoms. The van der Waals surface area contributed by atoms with Crippen molar-refractivity contribution in [2.45, 2.75) is 38.1 Å². The Morgan fingerprint density at radius 2 is 2.00 bits per heavy atom. The van der Waals surface area contributed by atoms with Gasteiger partial charge >= 0.3 is 11.7 Å². The maximum absolute atomic E-state index is 12.1. The molecule has 1 saturated carbocycles. The second-order valence-electron chi connectivity index (χ2n) is 5.10. The number of nitrogens with zero attached hydrogens (tertiary/aromatic N) is 1. The van der Waals surface area contributed by atoms with Gasteiger partial charge in [0.2, 0.25) is 0 Å². The van der Waals surface area contributed by atoms with Gasteiger partial charge in [0.05, 0.1) is 16.6 Å². The molecule has 100 valence electrons. The average Bonchev–Trinajstić information content (AvgIpc) is 2.75. The Morgan fingerprint density at radius 3 is 2.68 bits per heavy atom. The number of carboxylic acid groups (broad SMARTS) is 1. The fraction of sp³-hybridized carbons (Fsp3) is 0.429. The molecule has 3 rings (SSSR count). The summed E-state index contributed by atoms with van der Waals surface area (Å²) in [7, 11) is 0. The summed E-state index contributed by atoms with van der Waals surface area (Å²) >= 11 is 0. The summed E-state index contributed by atoms with van der Waals surface area (Å²) < 4.78 is 1.65. The minimum absolute atomic E-state index is 0.121. The van der Waals surface area contributed by atoms with Crippen molar-refractivity contribution in [1.29, 1.82) is 0 Å². The molecule has 0 spiro atoms. The van der Waals surface area contributed by atoms with Gasteiger partial charge in [-0.25, -0.2) is 9.59 Å².